The molecule has 0 amide bonds. The average molecular weight is 565 g/mol. The third-order valence-corrected chi connectivity index (χ3v) is 6.49. The van der Waals surface area contributed by atoms with Crippen LogP contribution in [0.5, 0.6) is 17.2 Å². The maximum Gasteiger partial charge on any atom is 0.329 e. The summed E-state index contributed by atoms with van der Waals surface area (Å²) >= 11 is 0. The minimum absolute atomic E-state index is 0.0290. The Labute approximate surface area is 233 Å². The fourth-order valence-corrected chi connectivity index (χ4v) is 4.46. The van der Waals surface area contributed by atoms with E-state index in [2.05, 4.69) is 25.9 Å². The first kappa shape index (κ1) is 27.4. The van der Waals surface area contributed by atoms with E-state index in [1.807, 2.05) is 6.07 Å². The number of nitro groups is 1. The monoisotopic (exact) mass is 564 g/mol. The first-order valence-corrected chi connectivity index (χ1v) is 12.6. The van der Waals surface area contributed by atoms with Crippen LogP contribution in [0.4, 0.5) is 37.6 Å². The molecule has 1 aromatic heterocycles. The molecule has 1 aliphatic heterocycles. The quantitative estimate of drug-likeness (QED) is 0.156. The topological polar surface area (TPSA) is 133 Å². The van der Waals surface area contributed by atoms with Gasteiger partial charge in [-0.25, -0.2) is 13.8 Å². The summed E-state index contributed by atoms with van der Waals surface area (Å²) < 4.78 is 44.6. The van der Waals surface area contributed by atoms with Gasteiger partial charge < -0.3 is 30.2 Å². The Hall–Kier alpha value is -5.20. The predicted molar refractivity (Wildman–Crippen MR) is 148 cm³/mol. The standard InChI is InChI=1S/C28H26F2N6O5/c1-39-18-8-6-16(25(13-18)40-2)14-31-23-12-17(29)7-9-22(23)34-28-32-15-24(36(37)38)27(35-28)33-21-10-11-41-26-19(21)4-3-5-20(26)30/h3-9,12-13,15,21,31H,10-11,14H2,1-2H3,(H2,32,33,34,35)/t21-/m1/s1. The fourth-order valence-electron chi connectivity index (χ4n) is 4.46. The highest BCUT2D eigenvalue weighted by molar-refractivity contribution is 5.73. The summed E-state index contributed by atoms with van der Waals surface area (Å²) in [7, 11) is 3.10. The Morgan fingerprint density at radius 2 is 1.95 bits per heavy atom. The zero-order chi connectivity index (χ0) is 28.9. The van der Waals surface area contributed by atoms with Crippen molar-refractivity contribution in [1.82, 2.24) is 9.97 Å². The number of nitrogens with zero attached hydrogens (tertiary/aromatic N) is 3. The summed E-state index contributed by atoms with van der Waals surface area (Å²) in [5.74, 6) is 0.297. The Morgan fingerprint density at radius 3 is 2.73 bits per heavy atom. The van der Waals surface area contributed by atoms with Crippen molar-refractivity contribution in [2.24, 2.45) is 0 Å². The number of anilines is 4. The zero-order valence-electron chi connectivity index (χ0n) is 22.1. The number of aromatic nitrogens is 2. The molecule has 0 radical (unpaired) electrons. The summed E-state index contributed by atoms with van der Waals surface area (Å²) in [5, 5.41) is 21.0. The van der Waals surface area contributed by atoms with E-state index in [0.29, 0.717) is 41.4 Å². The number of ether oxygens (including phenoxy) is 3. The van der Waals surface area contributed by atoms with Gasteiger partial charge in [-0.05, 0) is 36.4 Å². The van der Waals surface area contributed by atoms with E-state index in [1.54, 1.807) is 38.5 Å². The Balaban J connectivity index is 1.40. The highest BCUT2D eigenvalue weighted by atomic mass is 19.1. The lowest BCUT2D eigenvalue weighted by molar-refractivity contribution is -0.384. The molecule has 0 saturated carbocycles. The molecule has 3 N–H and O–H groups in total. The molecule has 212 valence electrons. The van der Waals surface area contributed by atoms with Gasteiger partial charge in [-0.15, -0.1) is 0 Å². The average Bonchev–Trinajstić information content (AvgIpc) is 2.97. The Kier molecular flexibility index (Phi) is 7.94. The molecule has 0 unspecified atom stereocenters. The van der Waals surface area contributed by atoms with Crippen molar-refractivity contribution >= 4 is 28.8 Å². The summed E-state index contributed by atoms with van der Waals surface area (Å²) in [6.45, 7) is 0.512. The molecule has 41 heavy (non-hydrogen) atoms. The predicted octanol–water partition coefficient (Wildman–Crippen LogP) is 5.97. The van der Waals surface area contributed by atoms with Gasteiger partial charge in [0.05, 0.1) is 43.2 Å². The number of para-hydroxylation sites is 1. The lowest BCUT2D eigenvalue weighted by Crippen LogP contribution is -2.22. The van der Waals surface area contributed by atoms with E-state index in [-0.39, 0.29) is 29.8 Å². The maximum atomic E-state index is 14.3. The smallest absolute Gasteiger partial charge is 0.329 e. The number of nitrogens with one attached hydrogen (secondary N) is 3. The molecule has 0 spiro atoms. The largest absolute Gasteiger partial charge is 0.497 e. The summed E-state index contributed by atoms with van der Waals surface area (Å²) in [6, 6.07) is 13.5. The van der Waals surface area contributed by atoms with Gasteiger partial charge in [0.2, 0.25) is 11.8 Å². The summed E-state index contributed by atoms with van der Waals surface area (Å²) in [4.78, 5) is 19.6. The lowest BCUT2D eigenvalue weighted by Gasteiger charge is -2.27. The highest BCUT2D eigenvalue weighted by Gasteiger charge is 2.27. The van der Waals surface area contributed by atoms with E-state index in [1.165, 1.54) is 24.3 Å². The van der Waals surface area contributed by atoms with Crippen LogP contribution in [-0.2, 0) is 6.54 Å². The first-order valence-electron chi connectivity index (χ1n) is 12.6. The van der Waals surface area contributed by atoms with Crippen molar-refractivity contribution in [3.63, 3.8) is 0 Å². The number of rotatable bonds is 10. The van der Waals surface area contributed by atoms with Gasteiger partial charge >= 0.3 is 5.69 Å². The van der Waals surface area contributed by atoms with Crippen LogP contribution in [0.1, 0.15) is 23.6 Å². The van der Waals surface area contributed by atoms with Gasteiger partial charge in [0.25, 0.3) is 0 Å². The van der Waals surface area contributed by atoms with E-state index in [9.17, 15) is 18.9 Å². The molecule has 0 saturated heterocycles. The van der Waals surface area contributed by atoms with E-state index in [0.717, 1.165) is 11.8 Å². The highest BCUT2D eigenvalue weighted by Crippen LogP contribution is 2.38. The number of halogens is 2. The first-order chi connectivity index (χ1) is 19.9. The van der Waals surface area contributed by atoms with Crippen LogP contribution in [0.3, 0.4) is 0 Å². The van der Waals surface area contributed by atoms with Crippen LogP contribution in [0.15, 0.2) is 60.8 Å². The SMILES string of the molecule is COc1ccc(CNc2cc(F)ccc2Nc2ncc([N+](=O)[O-])c(N[C@@H]3CCOc4c(F)cccc43)n2)c(OC)c1. The van der Waals surface area contributed by atoms with Gasteiger partial charge in [0.15, 0.2) is 11.6 Å². The van der Waals surface area contributed by atoms with Crippen LogP contribution in [-0.4, -0.2) is 35.7 Å². The zero-order valence-corrected chi connectivity index (χ0v) is 22.1. The molecule has 11 nitrogen and oxygen atoms in total. The second kappa shape index (κ2) is 11.9. The lowest BCUT2D eigenvalue weighted by atomic mass is 10.0. The molecule has 1 aliphatic rings. The second-order valence-corrected chi connectivity index (χ2v) is 9.02. The van der Waals surface area contributed by atoms with E-state index >= 15 is 0 Å². The van der Waals surface area contributed by atoms with Gasteiger partial charge in [0, 0.05) is 30.2 Å². The van der Waals surface area contributed by atoms with Gasteiger partial charge in [-0.2, -0.15) is 4.98 Å². The molecule has 1 atom stereocenters. The number of methoxy groups -OCH3 is 2. The Bertz CT molecular complexity index is 1590. The number of fused-ring (bicyclic) bond motifs is 1. The summed E-state index contributed by atoms with van der Waals surface area (Å²) in [5.41, 5.74) is 1.79. The maximum absolute atomic E-state index is 14.3. The van der Waals surface area contributed by atoms with Crippen molar-refractivity contribution in [3.8, 4) is 17.2 Å². The van der Waals surface area contributed by atoms with Crippen molar-refractivity contribution in [2.75, 3.05) is 36.8 Å². The van der Waals surface area contributed by atoms with Gasteiger partial charge in [-0.3, -0.25) is 10.1 Å². The van der Waals surface area contributed by atoms with Crippen molar-refractivity contribution < 1.29 is 27.9 Å². The van der Waals surface area contributed by atoms with E-state index in [4.69, 9.17) is 14.2 Å². The molecule has 0 bridgehead atoms. The molecule has 3 aromatic carbocycles. The third kappa shape index (κ3) is 6.03. The van der Waals surface area contributed by atoms with Crippen molar-refractivity contribution in [2.45, 2.75) is 19.0 Å². The van der Waals surface area contributed by atoms with Crippen molar-refractivity contribution in [1.29, 1.82) is 0 Å². The molecule has 0 aliphatic carbocycles. The number of hydrogen-bond acceptors (Lipinski definition) is 10. The van der Waals surface area contributed by atoms with Crippen LogP contribution >= 0.6 is 0 Å². The molecule has 5 rings (SSSR count). The molecular formula is C28H26F2N6O5. The minimum Gasteiger partial charge on any atom is -0.497 e. The van der Waals surface area contributed by atoms with Crippen LogP contribution in [0.25, 0.3) is 0 Å². The Morgan fingerprint density at radius 1 is 1.10 bits per heavy atom. The fraction of sp³-hybridized carbons (Fsp3) is 0.214. The normalized spacial score (nSPS) is 13.9. The molecule has 13 heteroatoms. The van der Waals surface area contributed by atoms with Crippen molar-refractivity contribution in [3.05, 3.63) is 93.7 Å². The summed E-state index contributed by atoms with van der Waals surface area (Å²) in [6.07, 6.45) is 1.50. The number of benzene rings is 3. The molecule has 0 fully saturated rings. The van der Waals surface area contributed by atoms with Gasteiger partial charge in [0.1, 0.15) is 23.5 Å². The van der Waals surface area contributed by atoms with Gasteiger partial charge in [-0.1, -0.05) is 12.1 Å². The van der Waals surface area contributed by atoms with Crippen LogP contribution < -0.4 is 30.2 Å². The van der Waals surface area contributed by atoms with E-state index < -0.39 is 22.6 Å². The second-order valence-electron chi connectivity index (χ2n) is 9.02. The molecular weight excluding hydrogens is 538 g/mol. The molecule has 2 heterocycles. The minimum atomic E-state index is -0.606. The van der Waals surface area contributed by atoms with Crippen LogP contribution in [0, 0.1) is 21.7 Å². The number of hydrogen-bond donors (Lipinski definition) is 3. The third-order valence-electron chi connectivity index (χ3n) is 6.49. The van der Waals surface area contributed by atoms with Crippen LogP contribution in [0.2, 0.25) is 0 Å². The molecule has 4 aromatic rings.